The van der Waals surface area contributed by atoms with E-state index in [-0.39, 0.29) is 11.9 Å². The molecule has 2 rings (SSSR count). The van der Waals surface area contributed by atoms with Gasteiger partial charge in [-0.3, -0.25) is 14.7 Å². The van der Waals surface area contributed by atoms with Crippen LogP contribution in [0.2, 0.25) is 10.0 Å². The SMILES string of the molecule is CCCC(CCC)NC(=O)c1[nH]ncc1NC.O=Cc1c(Cl)cccc1Cl. The Morgan fingerprint density at radius 1 is 1.22 bits per heavy atom. The van der Waals surface area contributed by atoms with Crippen LogP contribution in [0.1, 0.15) is 60.4 Å². The zero-order valence-corrected chi connectivity index (χ0v) is 17.3. The molecule has 0 fully saturated rings. The molecule has 0 radical (unpaired) electrons. The highest BCUT2D eigenvalue weighted by Gasteiger charge is 2.16. The summed E-state index contributed by atoms with van der Waals surface area (Å²) in [4.78, 5) is 22.3. The van der Waals surface area contributed by atoms with E-state index >= 15 is 0 Å². The molecule has 1 aromatic heterocycles. The quantitative estimate of drug-likeness (QED) is 0.534. The van der Waals surface area contributed by atoms with E-state index in [4.69, 9.17) is 23.2 Å². The summed E-state index contributed by atoms with van der Waals surface area (Å²) in [5, 5.41) is 13.4. The van der Waals surface area contributed by atoms with Crippen LogP contribution in [0.25, 0.3) is 0 Å². The fourth-order valence-corrected chi connectivity index (χ4v) is 3.00. The predicted octanol–water partition coefficient (Wildman–Crippen LogP) is 4.96. The molecule has 0 spiro atoms. The lowest BCUT2D eigenvalue weighted by molar-refractivity contribution is 0.0928. The summed E-state index contributed by atoms with van der Waals surface area (Å²) in [7, 11) is 1.78. The van der Waals surface area contributed by atoms with Crippen molar-refractivity contribution in [3.63, 3.8) is 0 Å². The highest BCUT2D eigenvalue weighted by atomic mass is 35.5. The molecule has 0 atom stereocenters. The number of hydrogen-bond donors (Lipinski definition) is 3. The molecule has 27 heavy (non-hydrogen) atoms. The number of H-pyrrole nitrogens is 1. The molecule has 8 heteroatoms. The Balaban J connectivity index is 0.000000309. The molecule has 0 aliphatic rings. The first kappa shape index (κ1) is 23.0. The molecular weight excluding hydrogens is 387 g/mol. The van der Waals surface area contributed by atoms with Gasteiger partial charge in [-0.1, -0.05) is 56.0 Å². The summed E-state index contributed by atoms with van der Waals surface area (Å²) < 4.78 is 0. The number of halogens is 2. The lowest BCUT2D eigenvalue weighted by Gasteiger charge is -2.17. The van der Waals surface area contributed by atoms with Crippen molar-refractivity contribution in [1.82, 2.24) is 15.5 Å². The largest absolute Gasteiger partial charge is 0.385 e. The maximum absolute atomic E-state index is 12.0. The summed E-state index contributed by atoms with van der Waals surface area (Å²) in [5.74, 6) is -0.0845. The Morgan fingerprint density at radius 3 is 2.26 bits per heavy atom. The summed E-state index contributed by atoms with van der Waals surface area (Å²) >= 11 is 11.2. The second-order valence-corrected chi connectivity index (χ2v) is 6.72. The van der Waals surface area contributed by atoms with Crippen molar-refractivity contribution in [3.05, 3.63) is 45.7 Å². The number of hydrogen-bond acceptors (Lipinski definition) is 4. The van der Waals surface area contributed by atoms with Crippen molar-refractivity contribution in [2.24, 2.45) is 0 Å². The summed E-state index contributed by atoms with van der Waals surface area (Å²) in [6.07, 6.45) is 6.44. The lowest BCUT2D eigenvalue weighted by Crippen LogP contribution is -2.35. The normalized spacial score (nSPS) is 10.1. The number of benzene rings is 1. The smallest absolute Gasteiger partial charge is 0.271 e. The third-order valence-electron chi connectivity index (χ3n) is 3.86. The first-order valence-electron chi connectivity index (χ1n) is 8.89. The van der Waals surface area contributed by atoms with Crippen molar-refractivity contribution in [2.75, 3.05) is 12.4 Å². The van der Waals surface area contributed by atoms with Gasteiger partial charge < -0.3 is 10.6 Å². The van der Waals surface area contributed by atoms with Gasteiger partial charge in [-0.05, 0) is 25.0 Å². The highest BCUT2D eigenvalue weighted by molar-refractivity contribution is 6.38. The Labute approximate surface area is 170 Å². The zero-order chi connectivity index (χ0) is 20.2. The van der Waals surface area contributed by atoms with Crippen LogP contribution < -0.4 is 10.6 Å². The van der Waals surface area contributed by atoms with E-state index in [0.29, 0.717) is 27.6 Å². The zero-order valence-electron chi connectivity index (χ0n) is 15.8. The molecule has 2 aromatic rings. The molecule has 0 saturated carbocycles. The van der Waals surface area contributed by atoms with Crippen LogP contribution >= 0.6 is 23.2 Å². The van der Waals surface area contributed by atoms with E-state index in [9.17, 15) is 9.59 Å². The van der Waals surface area contributed by atoms with Gasteiger partial charge in [-0.2, -0.15) is 5.10 Å². The van der Waals surface area contributed by atoms with Crippen LogP contribution in [0.3, 0.4) is 0 Å². The number of rotatable bonds is 8. The van der Waals surface area contributed by atoms with E-state index < -0.39 is 0 Å². The van der Waals surface area contributed by atoms with Gasteiger partial charge >= 0.3 is 0 Å². The van der Waals surface area contributed by atoms with Gasteiger partial charge in [0, 0.05) is 13.1 Å². The minimum absolute atomic E-state index is 0.0845. The predicted molar refractivity (Wildman–Crippen MR) is 111 cm³/mol. The van der Waals surface area contributed by atoms with E-state index in [1.807, 2.05) is 0 Å². The van der Waals surface area contributed by atoms with Crippen LogP contribution in [-0.4, -0.2) is 35.5 Å². The fraction of sp³-hybridized carbons (Fsp3) is 0.421. The number of aromatic amines is 1. The molecule has 1 heterocycles. The molecule has 148 valence electrons. The van der Waals surface area contributed by atoms with Gasteiger partial charge in [0.25, 0.3) is 5.91 Å². The molecule has 0 bridgehead atoms. The standard InChI is InChI=1S/C12H22N4O.C7H4Cl2O/c1-4-6-9(7-5-2)15-12(17)11-10(13-3)8-14-16-11;8-6-2-1-3-7(9)5(6)4-10/h8-9,13H,4-7H2,1-3H3,(H,14,16)(H,15,17);1-4H. The topological polar surface area (TPSA) is 86.9 Å². The average molecular weight is 413 g/mol. The van der Waals surface area contributed by atoms with Crippen LogP contribution in [0.4, 0.5) is 5.69 Å². The number of nitrogens with zero attached hydrogens (tertiary/aromatic N) is 1. The molecule has 0 saturated heterocycles. The van der Waals surface area contributed by atoms with Gasteiger partial charge in [-0.25, -0.2) is 0 Å². The van der Waals surface area contributed by atoms with E-state index in [0.717, 1.165) is 31.4 Å². The second-order valence-electron chi connectivity index (χ2n) is 5.91. The third-order valence-corrected chi connectivity index (χ3v) is 4.52. The van der Waals surface area contributed by atoms with Gasteiger partial charge in [0.2, 0.25) is 0 Å². The van der Waals surface area contributed by atoms with Crippen molar-refractivity contribution in [3.8, 4) is 0 Å². The van der Waals surface area contributed by atoms with E-state index in [1.165, 1.54) is 0 Å². The second kappa shape index (κ2) is 12.4. The number of carbonyl (C=O) groups is 2. The number of anilines is 1. The number of aldehydes is 1. The Bertz CT molecular complexity index is 708. The van der Waals surface area contributed by atoms with Gasteiger partial charge in [0.1, 0.15) is 5.69 Å². The van der Waals surface area contributed by atoms with Gasteiger partial charge in [0.15, 0.2) is 6.29 Å². The molecule has 1 amide bonds. The summed E-state index contributed by atoms with van der Waals surface area (Å²) in [5.41, 5.74) is 1.59. The van der Waals surface area contributed by atoms with Crippen LogP contribution in [-0.2, 0) is 0 Å². The first-order chi connectivity index (χ1) is 13.0. The Kier molecular flexibility index (Phi) is 10.5. The fourth-order valence-electron chi connectivity index (χ4n) is 2.52. The average Bonchev–Trinajstić information content (AvgIpc) is 3.12. The maximum Gasteiger partial charge on any atom is 0.271 e. The number of nitrogens with one attached hydrogen (secondary N) is 3. The van der Waals surface area contributed by atoms with E-state index in [2.05, 4.69) is 34.7 Å². The Morgan fingerprint density at radius 2 is 1.81 bits per heavy atom. The Hall–Kier alpha value is -2.05. The van der Waals surface area contributed by atoms with Crippen molar-refractivity contribution < 1.29 is 9.59 Å². The molecule has 6 nitrogen and oxygen atoms in total. The molecule has 0 unspecified atom stereocenters. The third kappa shape index (κ3) is 7.23. The number of carbonyl (C=O) groups excluding carboxylic acids is 2. The van der Waals surface area contributed by atoms with Crippen LogP contribution in [0.5, 0.6) is 0 Å². The summed E-state index contributed by atoms with van der Waals surface area (Å²) in [6, 6.07) is 5.19. The van der Waals surface area contributed by atoms with Gasteiger partial charge in [0.05, 0.1) is 27.5 Å². The minimum atomic E-state index is -0.0845. The molecule has 3 N–H and O–H groups in total. The van der Waals surface area contributed by atoms with E-state index in [1.54, 1.807) is 31.4 Å². The molecule has 1 aromatic carbocycles. The van der Waals surface area contributed by atoms with Crippen LogP contribution in [0.15, 0.2) is 24.4 Å². The van der Waals surface area contributed by atoms with Crippen LogP contribution in [0, 0.1) is 0 Å². The first-order valence-corrected chi connectivity index (χ1v) is 9.65. The van der Waals surface area contributed by atoms with Crippen molar-refractivity contribution in [1.29, 1.82) is 0 Å². The monoisotopic (exact) mass is 412 g/mol. The van der Waals surface area contributed by atoms with Crippen molar-refractivity contribution >= 4 is 41.1 Å². The molecular formula is C19H26Cl2N4O2. The number of aromatic nitrogens is 2. The molecule has 0 aliphatic carbocycles. The highest BCUT2D eigenvalue weighted by Crippen LogP contribution is 2.21. The van der Waals surface area contributed by atoms with Gasteiger partial charge in [-0.15, -0.1) is 0 Å². The molecule has 0 aliphatic heterocycles. The lowest BCUT2D eigenvalue weighted by atomic mass is 10.1. The minimum Gasteiger partial charge on any atom is -0.385 e. The maximum atomic E-state index is 12.0. The summed E-state index contributed by atoms with van der Waals surface area (Å²) in [6.45, 7) is 4.26. The van der Waals surface area contributed by atoms with Crippen molar-refractivity contribution in [2.45, 2.75) is 45.6 Å². The number of amides is 1.